The third-order valence-corrected chi connectivity index (χ3v) is 8.46. The highest BCUT2D eigenvalue weighted by atomic mass is 16.5. The topological polar surface area (TPSA) is 59.1 Å². The van der Waals surface area contributed by atoms with Crippen LogP contribution in [0.2, 0.25) is 0 Å². The molecule has 0 amide bonds. The molecule has 6 heteroatoms. The van der Waals surface area contributed by atoms with E-state index >= 15 is 0 Å². The number of hydrogen-bond acceptors (Lipinski definition) is 6. The summed E-state index contributed by atoms with van der Waals surface area (Å²) in [6.45, 7) is 14.4. The molecule has 230 valence electrons. The van der Waals surface area contributed by atoms with Crippen molar-refractivity contribution in [3.05, 3.63) is 95.7 Å². The van der Waals surface area contributed by atoms with Gasteiger partial charge >= 0.3 is 11.9 Å². The molecular weight excluding hydrogens is 536 g/mol. The molecule has 0 radical (unpaired) electrons. The summed E-state index contributed by atoms with van der Waals surface area (Å²) >= 11 is 0. The zero-order valence-corrected chi connectivity index (χ0v) is 26.7. The highest BCUT2D eigenvalue weighted by molar-refractivity contribution is 5.72. The number of anilines is 2. The molecule has 2 aromatic rings. The van der Waals surface area contributed by atoms with Crippen LogP contribution in [0.25, 0.3) is 0 Å². The van der Waals surface area contributed by atoms with Crippen LogP contribution in [0, 0.1) is 0 Å². The Morgan fingerprint density at radius 2 is 1.40 bits per heavy atom. The number of carbonyl (C=O) groups is 2. The van der Waals surface area contributed by atoms with Crippen LogP contribution in [-0.4, -0.2) is 44.3 Å². The molecule has 0 fully saturated rings. The van der Waals surface area contributed by atoms with E-state index in [9.17, 15) is 11.0 Å². The summed E-state index contributed by atoms with van der Waals surface area (Å²) in [6, 6.07) is 15.6. The van der Waals surface area contributed by atoms with Gasteiger partial charge in [-0.2, -0.15) is 0 Å². The minimum atomic E-state index is -1.04. The van der Waals surface area contributed by atoms with Gasteiger partial charge in [0.1, 0.15) is 0 Å². The normalized spacial score (nSPS) is 21.3. The predicted molar refractivity (Wildman–Crippen MR) is 176 cm³/mol. The lowest BCUT2D eigenvalue weighted by molar-refractivity contribution is -0.144. The van der Waals surface area contributed by atoms with E-state index in [1.165, 1.54) is 16.9 Å². The molecule has 0 aromatic heterocycles. The van der Waals surface area contributed by atoms with Crippen LogP contribution in [-0.2, 0) is 29.9 Å². The molecular formula is C37H48N2O4. The molecule has 0 N–H and O–H groups in total. The van der Waals surface area contributed by atoms with Crippen molar-refractivity contribution in [2.45, 2.75) is 84.1 Å². The van der Waals surface area contributed by atoms with Gasteiger partial charge in [-0.3, -0.25) is 9.59 Å². The number of carbonyl (C=O) groups excluding carboxylic acids is 2. The fourth-order valence-electron chi connectivity index (χ4n) is 6.35. The molecule has 4 rings (SSSR count). The van der Waals surface area contributed by atoms with Crippen LogP contribution in [0.5, 0.6) is 0 Å². The largest absolute Gasteiger partial charge is 0.466 e. The van der Waals surface area contributed by atoms with E-state index < -0.39 is 11.4 Å². The van der Waals surface area contributed by atoms with Gasteiger partial charge in [0.2, 0.25) is 0 Å². The average molecular weight is 586 g/mol. The number of para-hydroxylation sites is 2. The first-order chi connectivity index (χ1) is 21.0. The maximum absolute atomic E-state index is 12.0. The summed E-state index contributed by atoms with van der Waals surface area (Å²) in [4.78, 5) is 28.4. The molecule has 0 saturated heterocycles. The Bertz CT molecular complexity index is 1430. The monoisotopic (exact) mass is 585 g/mol. The Balaban J connectivity index is 1.56. The third-order valence-electron chi connectivity index (χ3n) is 8.46. The number of allylic oxidation sites excluding steroid dienone is 5. The second-order valence-electron chi connectivity index (χ2n) is 12.1. The molecule has 0 saturated carbocycles. The lowest BCUT2D eigenvalue weighted by atomic mass is 9.80. The first-order valence-corrected chi connectivity index (χ1v) is 15.6. The van der Waals surface area contributed by atoms with Crippen LogP contribution < -0.4 is 9.80 Å². The van der Waals surface area contributed by atoms with Gasteiger partial charge in [-0.05, 0) is 56.0 Å². The van der Waals surface area contributed by atoms with Crippen molar-refractivity contribution in [1.29, 1.82) is 0 Å². The van der Waals surface area contributed by atoms with Gasteiger partial charge in [-0.25, -0.2) is 0 Å². The molecule has 2 aliphatic heterocycles. The summed E-state index contributed by atoms with van der Waals surface area (Å²) in [7, 11) is 0. The summed E-state index contributed by atoms with van der Waals surface area (Å²) in [5.74, 6) is -0.362. The SMILES string of the molecule is [2H]C1(C=CC=CC=C2N(CCCC(=O)OCC)c3ccccc3C2(C)C)N(CCCC(=O)OCC)c2ccccc2C1(C)C. The minimum Gasteiger partial charge on any atom is -0.466 e. The molecule has 2 heterocycles. The molecule has 0 bridgehead atoms. The summed E-state index contributed by atoms with van der Waals surface area (Å²) < 4.78 is 20.0. The maximum atomic E-state index is 12.0. The second-order valence-corrected chi connectivity index (χ2v) is 12.1. The van der Waals surface area contributed by atoms with Crippen molar-refractivity contribution >= 4 is 23.3 Å². The molecule has 0 aliphatic carbocycles. The highest BCUT2D eigenvalue weighted by Crippen LogP contribution is 2.48. The molecule has 1 unspecified atom stereocenters. The van der Waals surface area contributed by atoms with Gasteiger partial charge in [-0.1, -0.05) is 88.4 Å². The Labute approximate surface area is 259 Å². The number of ether oxygens (including phenoxy) is 2. The van der Waals surface area contributed by atoms with Gasteiger partial charge in [0.25, 0.3) is 0 Å². The Kier molecular flexibility index (Phi) is 10.1. The average Bonchev–Trinajstić information content (AvgIpc) is 3.30. The van der Waals surface area contributed by atoms with Crippen molar-refractivity contribution in [1.82, 2.24) is 0 Å². The highest BCUT2D eigenvalue weighted by Gasteiger charge is 2.42. The molecule has 2 aromatic carbocycles. The van der Waals surface area contributed by atoms with Gasteiger partial charge < -0.3 is 19.3 Å². The van der Waals surface area contributed by atoms with Crippen LogP contribution in [0.15, 0.2) is 84.6 Å². The quantitative estimate of drug-likeness (QED) is 0.178. The van der Waals surface area contributed by atoms with Crippen LogP contribution in [0.1, 0.15) is 79.7 Å². The Morgan fingerprint density at radius 1 is 0.814 bits per heavy atom. The zero-order valence-electron chi connectivity index (χ0n) is 27.7. The van der Waals surface area contributed by atoms with Crippen LogP contribution >= 0.6 is 0 Å². The number of fused-ring (bicyclic) bond motifs is 2. The van der Waals surface area contributed by atoms with E-state index in [2.05, 4.69) is 80.0 Å². The van der Waals surface area contributed by atoms with Crippen LogP contribution in [0.4, 0.5) is 11.4 Å². The molecule has 2 aliphatic rings. The van der Waals surface area contributed by atoms with E-state index in [0.717, 1.165) is 17.8 Å². The van der Waals surface area contributed by atoms with Crippen molar-refractivity contribution < 1.29 is 20.4 Å². The number of rotatable bonds is 13. The Hall–Kier alpha value is -3.80. The van der Waals surface area contributed by atoms with Crippen LogP contribution in [0.3, 0.4) is 0 Å². The smallest absolute Gasteiger partial charge is 0.305 e. The Morgan fingerprint density at radius 3 is 2.05 bits per heavy atom. The third kappa shape index (κ3) is 7.06. The zero-order chi connectivity index (χ0) is 32.0. The first-order valence-electron chi connectivity index (χ1n) is 16.1. The first kappa shape index (κ1) is 30.7. The van der Waals surface area contributed by atoms with Gasteiger partial charge in [-0.15, -0.1) is 0 Å². The lowest BCUT2D eigenvalue weighted by Crippen LogP contribution is -2.40. The number of benzene rings is 2. The van der Waals surface area contributed by atoms with E-state index in [0.29, 0.717) is 45.4 Å². The van der Waals surface area contributed by atoms with Gasteiger partial charge in [0.15, 0.2) is 0 Å². The van der Waals surface area contributed by atoms with Crippen molar-refractivity contribution in [3.8, 4) is 0 Å². The fourth-order valence-corrected chi connectivity index (χ4v) is 6.35. The van der Waals surface area contributed by atoms with Gasteiger partial charge in [0.05, 0.1) is 20.6 Å². The van der Waals surface area contributed by atoms with Gasteiger partial charge in [0, 0.05) is 53.8 Å². The summed E-state index contributed by atoms with van der Waals surface area (Å²) in [5.41, 5.74) is 5.10. The van der Waals surface area contributed by atoms with E-state index in [-0.39, 0.29) is 17.4 Å². The molecule has 1 atom stereocenters. The standard InChI is InChI=1S/C37H48N2O4/c1-7-42-34(40)24-16-26-38-30-20-14-12-18-28(30)36(3,4)32(38)22-10-9-11-23-33-37(5,6)29-19-13-15-21-31(29)39(33)27-17-25-35(41)43-8-2/h9-15,18-23,32H,7-8,16-17,24-27H2,1-6H3/i32D. The molecule has 6 nitrogen and oxygen atoms in total. The second kappa shape index (κ2) is 14.1. The maximum Gasteiger partial charge on any atom is 0.305 e. The summed E-state index contributed by atoms with van der Waals surface area (Å²) in [5, 5.41) is 0. The van der Waals surface area contributed by atoms with Crippen molar-refractivity contribution in [3.63, 3.8) is 0 Å². The number of esters is 2. The molecule has 0 spiro atoms. The van der Waals surface area contributed by atoms with E-state index in [1.807, 2.05) is 50.3 Å². The molecule has 43 heavy (non-hydrogen) atoms. The van der Waals surface area contributed by atoms with Crippen molar-refractivity contribution in [2.75, 3.05) is 36.1 Å². The van der Waals surface area contributed by atoms with E-state index in [4.69, 9.17) is 9.47 Å². The predicted octanol–water partition coefficient (Wildman–Crippen LogP) is 7.63. The lowest BCUT2D eigenvalue weighted by Gasteiger charge is -2.32. The fraction of sp³-hybridized carbons (Fsp3) is 0.459. The minimum absolute atomic E-state index is 0.161. The number of nitrogens with zero attached hydrogens (tertiary/aromatic N) is 2. The van der Waals surface area contributed by atoms with E-state index in [1.54, 1.807) is 0 Å². The summed E-state index contributed by atoms with van der Waals surface area (Å²) in [6.07, 6.45) is 12.2. The van der Waals surface area contributed by atoms with Crippen molar-refractivity contribution in [2.24, 2.45) is 0 Å². The number of hydrogen-bond donors (Lipinski definition) is 0.